The maximum absolute atomic E-state index is 3.00. The Balaban J connectivity index is -0.0000000495. The van der Waals surface area contributed by atoms with E-state index in [0.29, 0.717) is 0 Å². The third-order valence-electron chi connectivity index (χ3n) is 2.65. The zero-order valence-corrected chi connectivity index (χ0v) is 16.3. The van der Waals surface area contributed by atoms with Gasteiger partial charge in [-0.3, -0.25) is 0 Å². The van der Waals surface area contributed by atoms with E-state index >= 15 is 0 Å². The van der Waals surface area contributed by atoms with E-state index in [1.807, 2.05) is 27.7 Å². The largest absolute Gasteiger partial charge is 0.106 e. The first-order valence-corrected chi connectivity index (χ1v) is 8.45. The normalized spacial score (nSPS) is 9.53. The van der Waals surface area contributed by atoms with E-state index in [0.717, 1.165) is 17.8 Å². The van der Waals surface area contributed by atoms with Crippen molar-refractivity contribution in [3.8, 4) is 0 Å². The first kappa shape index (κ1) is 31.2. The molecule has 0 bridgehead atoms. The van der Waals surface area contributed by atoms with Crippen LogP contribution < -0.4 is 0 Å². The molecule has 0 amide bonds. The Morgan fingerprint density at radius 3 is 1.05 bits per heavy atom. The highest BCUT2D eigenvalue weighted by Gasteiger charge is 2.01. The highest BCUT2D eigenvalue weighted by molar-refractivity contribution is 4.52. The fraction of sp³-hybridized carbons (Fsp3) is 0.895. The lowest BCUT2D eigenvalue weighted by Gasteiger charge is -2.10. The molecule has 0 radical (unpaired) electrons. The summed E-state index contributed by atoms with van der Waals surface area (Å²) in [4.78, 5) is 0. The summed E-state index contributed by atoms with van der Waals surface area (Å²) in [5.41, 5.74) is 0. The maximum atomic E-state index is 3.00. The summed E-state index contributed by atoms with van der Waals surface area (Å²) in [6, 6.07) is 0. The van der Waals surface area contributed by atoms with Crippen LogP contribution in [0.1, 0.15) is 95.4 Å². The molecule has 0 aliphatic rings. The van der Waals surface area contributed by atoms with Crippen molar-refractivity contribution in [2.75, 3.05) is 0 Å². The second kappa shape index (κ2) is 36.1. The predicted molar refractivity (Wildman–Crippen MR) is 98.0 cm³/mol. The van der Waals surface area contributed by atoms with Crippen molar-refractivity contribution in [3.05, 3.63) is 13.2 Å². The molecule has 0 N–H and O–H groups in total. The van der Waals surface area contributed by atoms with E-state index in [9.17, 15) is 0 Å². The first-order valence-electron chi connectivity index (χ1n) is 8.45. The van der Waals surface area contributed by atoms with Gasteiger partial charge in [0, 0.05) is 0 Å². The fourth-order valence-corrected chi connectivity index (χ4v) is 1.05. The van der Waals surface area contributed by atoms with Crippen molar-refractivity contribution < 1.29 is 0 Å². The Bertz CT molecular complexity index is 92.2. The zero-order valence-electron chi connectivity index (χ0n) is 16.3. The average molecular weight is 275 g/mol. The molecule has 0 aromatic rings. The van der Waals surface area contributed by atoms with Crippen LogP contribution in [0.25, 0.3) is 0 Å². The molecule has 0 aliphatic carbocycles. The van der Waals surface area contributed by atoms with Gasteiger partial charge < -0.3 is 0 Å². The fourth-order valence-electron chi connectivity index (χ4n) is 1.05. The quantitative estimate of drug-likeness (QED) is 0.456. The second-order valence-corrected chi connectivity index (χ2v) is 4.81. The van der Waals surface area contributed by atoms with Crippen LogP contribution in [0.5, 0.6) is 0 Å². The van der Waals surface area contributed by atoms with Crippen LogP contribution in [-0.2, 0) is 0 Å². The number of hydrogen-bond acceptors (Lipinski definition) is 0. The Morgan fingerprint density at radius 2 is 1.05 bits per heavy atom. The molecule has 0 saturated heterocycles. The topological polar surface area (TPSA) is 0 Å². The summed E-state index contributed by atoms with van der Waals surface area (Å²) in [6.07, 6.45) is 4.02. The lowest BCUT2D eigenvalue weighted by atomic mass is 9.96. The van der Waals surface area contributed by atoms with Gasteiger partial charge in [-0.2, -0.15) is 0 Å². The van der Waals surface area contributed by atoms with Gasteiger partial charge in [0.05, 0.1) is 0 Å². The monoisotopic (exact) mass is 274 g/mol. The summed E-state index contributed by atoms with van der Waals surface area (Å²) in [6.45, 7) is 29.8. The molecule has 1 unspecified atom stereocenters. The molecule has 0 heteroatoms. The molecule has 1 atom stereocenters. The maximum Gasteiger partial charge on any atom is -0.0422 e. The Labute approximate surface area is 127 Å². The van der Waals surface area contributed by atoms with E-state index in [1.165, 1.54) is 19.3 Å². The van der Waals surface area contributed by atoms with Crippen molar-refractivity contribution in [3.63, 3.8) is 0 Å². The van der Waals surface area contributed by atoms with E-state index in [2.05, 4.69) is 61.6 Å². The van der Waals surface area contributed by atoms with Crippen LogP contribution in [0, 0.1) is 17.8 Å². The van der Waals surface area contributed by atoms with Gasteiger partial charge in [-0.05, 0) is 17.8 Å². The van der Waals surface area contributed by atoms with Crippen LogP contribution in [0.15, 0.2) is 13.2 Å². The minimum absolute atomic E-state index is 0.866. The van der Waals surface area contributed by atoms with Gasteiger partial charge in [0.25, 0.3) is 0 Å². The van der Waals surface area contributed by atoms with Crippen molar-refractivity contribution in [1.29, 1.82) is 0 Å². The highest BCUT2D eigenvalue weighted by atomic mass is 14.1. The minimum Gasteiger partial charge on any atom is -0.106 e. The molecule has 0 saturated carbocycles. The van der Waals surface area contributed by atoms with E-state index < -0.39 is 0 Å². The van der Waals surface area contributed by atoms with E-state index in [-0.39, 0.29) is 0 Å². The summed E-state index contributed by atoms with van der Waals surface area (Å²) < 4.78 is 0. The predicted octanol–water partition coefficient (Wildman–Crippen LogP) is 7.99. The van der Waals surface area contributed by atoms with Crippen molar-refractivity contribution in [2.24, 2.45) is 17.8 Å². The smallest absolute Gasteiger partial charge is 0.0422 e. The van der Waals surface area contributed by atoms with Crippen molar-refractivity contribution >= 4 is 0 Å². The van der Waals surface area contributed by atoms with Crippen LogP contribution in [0.4, 0.5) is 0 Å². The van der Waals surface area contributed by atoms with Crippen molar-refractivity contribution in [2.45, 2.75) is 95.4 Å². The molecule has 0 spiro atoms. The van der Waals surface area contributed by atoms with Gasteiger partial charge in [-0.1, -0.05) is 95.4 Å². The molecule has 122 valence electrons. The summed E-state index contributed by atoms with van der Waals surface area (Å²) in [7, 11) is 0. The lowest BCUT2D eigenvalue weighted by Crippen LogP contribution is -2.00. The SMILES string of the molecule is C=C.CC.CC.CCC(C)C(C)C.CCCC(C)C. The van der Waals surface area contributed by atoms with Crippen molar-refractivity contribution in [1.82, 2.24) is 0 Å². The molecular weight excluding hydrogens is 228 g/mol. The van der Waals surface area contributed by atoms with Crippen LogP contribution in [0.3, 0.4) is 0 Å². The standard InChI is InChI=1S/C7H16.C6H14.2C2H6.C2H4/c1-5-7(4)6(2)3;1-4-5-6(2)3;3*1-2/h6-7H,5H2,1-4H3;6H,4-5H2,1-3H3;2*1-2H3;1-2H2. The highest BCUT2D eigenvalue weighted by Crippen LogP contribution is 2.11. The van der Waals surface area contributed by atoms with Crippen LogP contribution in [-0.4, -0.2) is 0 Å². The van der Waals surface area contributed by atoms with Gasteiger partial charge in [0.1, 0.15) is 0 Å². The molecule has 0 rings (SSSR count). The molecule has 0 fully saturated rings. The van der Waals surface area contributed by atoms with Gasteiger partial charge in [0.2, 0.25) is 0 Å². The zero-order chi connectivity index (χ0) is 16.9. The molecule has 0 aromatic carbocycles. The second-order valence-electron chi connectivity index (χ2n) is 4.81. The minimum atomic E-state index is 0.866. The number of rotatable bonds is 4. The summed E-state index contributed by atoms with van der Waals surface area (Å²) >= 11 is 0. The van der Waals surface area contributed by atoms with Crippen LogP contribution in [0.2, 0.25) is 0 Å². The molecule has 0 nitrogen and oxygen atoms in total. The average Bonchev–Trinajstić information content (AvgIpc) is 2.45. The van der Waals surface area contributed by atoms with E-state index in [4.69, 9.17) is 0 Å². The lowest BCUT2D eigenvalue weighted by molar-refractivity contribution is 0.407. The Morgan fingerprint density at radius 1 is 0.737 bits per heavy atom. The van der Waals surface area contributed by atoms with Gasteiger partial charge in [-0.15, -0.1) is 13.2 Å². The molecule has 0 heterocycles. The molecule has 19 heavy (non-hydrogen) atoms. The Kier molecular flexibility index (Phi) is 59.3. The molecular formula is C19H46. The summed E-state index contributed by atoms with van der Waals surface area (Å²) in [5, 5.41) is 0. The van der Waals surface area contributed by atoms with Gasteiger partial charge in [0.15, 0.2) is 0 Å². The Hall–Kier alpha value is -0.260. The third-order valence-corrected chi connectivity index (χ3v) is 2.65. The molecule has 0 aromatic heterocycles. The molecule has 0 aliphatic heterocycles. The number of hydrogen-bond donors (Lipinski definition) is 0. The first-order chi connectivity index (χ1) is 8.95. The van der Waals surface area contributed by atoms with Gasteiger partial charge >= 0.3 is 0 Å². The van der Waals surface area contributed by atoms with Crippen LogP contribution >= 0.6 is 0 Å². The van der Waals surface area contributed by atoms with Gasteiger partial charge in [-0.25, -0.2) is 0 Å². The third kappa shape index (κ3) is 57.5. The van der Waals surface area contributed by atoms with E-state index in [1.54, 1.807) is 0 Å². The summed E-state index contributed by atoms with van der Waals surface area (Å²) in [5.74, 6) is 2.67.